The third kappa shape index (κ3) is 7.92. The second kappa shape index (κ2) is 11.2. The van der Waals surface area contributed by atoms with E-state index < -0.39 is 6.61 Å². The van der Waals surface area contributed by atoms with Crippen molar-refractivity contribution in [2.45, 2.75) is 19.5 Å². The number of alkyl halides is 2. The Morgan fingerprint density at radius 2 is 1.79 bits per heavy atom. The van der Waals surface area contributed by atoms with Gasteiger partial charge in [-0.25, -0.2) is 4.79 Å². The molecule has 0 aliphatic heterocycles. The van der Waals surface area contributed by atoms with Crippen LogP contribution in [0.25, 0.3) is 0 Å². The van der Waals surface area contributed by atoms with Crippen LogP contribution in [-0.4, -0.2) is 56.2 Å². The summed E-state index contributed by atoms with van der Waals surface area (Å²) in [4.78, 5) is 16.5. The third-order valence-corrected chi connectivity index (χ3v) is 4.15. The number of hydrogen-bond acceptors (Lipinski definition) is 3. The molecule has 0 bridgehead atoms. The van der Waals surface area contributed by atoms with Crippen molar-refractivity contribution in [3.05, 3.63) is 60.2 Å². The molecule has 2 amide bonds. The van der Waals surface area contributed by atoms with Crippen LogP contribution in [0.4, 0.5) is 19.3 Å². The normalized spacial score (nSPS) is 10.9. The van der Waals surface area contributed by atoms with Gasteiger partial charge in [-0.05, 0) is 44.6 Å². The molecule has 0 aromatic heterocycles. The molecule has 0 atom stereocenters. The summed E-state index contributed by atoms with van der Waals surface area (Å²) in [5.74, 6) is 0.0109. The van der Waals surface area contributed by atoms with Gasteiger partial charge < -0.3 is 19.9 Å². The maximum Gasteiger partial charge on any atom is 0.387 e. The van der Waals surface area contributed by atoms with E-state index in [0.717, 1.165) is 19.4 Å². The van der Waals surface area contributed by atoms with E-state index in [9.17, 15) is 13.6 Å². The minimum absolute atomic E-state index is 0.0109. The van der Waals surface area contributed by atoms with Crippen molar-refractivity contribution in [2.24, 2.45) is 0 Å². The molecule has 5 nitrogen and oxygen atoms in total. The van der Waals surface area contributed by atoms with Crippen LogP contribution in [-0.2, 0) is 6.42 Å². The first kappa shape index (κ1) is 21.6. The van der Waals surface area contributed by atoms with Gasteiger partial charge in [0.2, 0.25) is 0 Å². The Bertz CT molecular complexity index is 727. The van der Waals surface area contributed by atoms with Crippen LogP contribution >= 0.6 is 0 Å². The smallest absolute Gasteiger partial charge is 0.387 e. The molecule has 0 aliphatic carbocycles. The number of halogens is 2. The van der Waals surface area contributed by atoms with E-state index in [4.69, 9.17) is 0 Å². The molecular weight excluding hydrogens is 364 g/mol. The van der Waals surface area contributed by atoms with Gasteiger partial charge in [0.1, 0.15) is 5.75 Å². The lowest BCUT2D eigenvalue weighted by Gasteiger charge is -2.25. The summed E-state index contributed by atoms with van der Waals surface area (Å²) in [6.45, 7) is -1.00. The molecule has 0 spiro atoms. The van der Waals surface area contributed by atoms with Gasteiger partial charge in [0.05, 0.1) is 0 Å². The summed E-state index contributed by atoms with van der Waals surface area (Å²) >= 11 is 0. The highest BCUT2D eigenvalue weighted by Gasteiger charge is 2.14. The SMILES string of the molecule is CN(C)CCN(CCCc1ccccc1)C(=O)Nc1cccc(OC(F)F)c1. The van der Waals surface area contributed by atoms with Crippen molar-refractivity contribution in [3.63, 3.8) is 0 Å². The largest absolute Gasteiger partial charge is 0.435 e. The van der Waals surface area contributed by atoms with E-state index in [2.05, 4.69) is 22.2 Å². The summed E-state index contributed by atoms with van der Waals surface area (Å²) in [7, 11) is 3.90. The van der Waals surface area contributed by atoms with Gasteiger partial charge in [0.15, 0.2) is 0 Å². The zero-order chi connectivity index (χ0) is 20.4. The van der Waals surface area contributed by atoms with Gasteiger partial charge in [0.25, 0.3) is 0 Å². The minimum Gasteiger partial charge on any atom is -0.435 e. The summed E-state index contributed by atoms with van der Waals surface area (Å²) in [6, 6.07) is 15.9. The fraction of sp³-hybridized carbons (Fsp3) is 0.381. The molecule has 0 radical (unpaired) electrons. The second-order valence-corrected chi connectivity index (χ2v) is 6.72. The molecule has 0 saturated heterocycles. The number of benzene rings is 2. The van der Waals surface area contributed by atoms with Crippen LogP contribution in [0.3, 0.4) is 0 Å². The summed E-state index contributed by atoms with van der Waals surface area (Å²) < 4.78 is 29.1. The lowest BCUT2D eigenvalue weighted by Crippen LogP contribution is -2.40. The monoisotopic (exact) mass is 391 g/mol. The number of likely N-dealkylation sites (N-methyl/N-ethyl adjacent to an activating group) is 1. The molecule has 0 saturated carbocycles. The van der Waals surface area contributed by atoms with Gasteiger partial charge in [-0.15, -0.1) is 0 Å². The van der Waals surface area contributed by atoms with E-state index in [1.165, 1.54) is 17.7 Å². The number of amides is 2. The Labute approximate surface area is 164 Å². The maximum atomic E-state index is 12.7. The number of rotatable bonds is 10. The average Bonchev–Trinajstić information content (AvgIpc) is 2.64. The number of nitrogens with one attached hydrogen (secondary N) is 1. The first-order valence-electron chi connectivity index (χ1n) is 9.23. The van der Waals surface area contributed by atoms with Crippen LogP contribution < -0.4 is 10.1 Å². The lowest BCUT2D eigenvalue weighted by molar-refractivity contribution is -0.0497. The predicted octanol–water partition coefficient (Wildman–Crippen LogP) is 4.32. The highest BCUT2D eigenvalue weighted by atomic mass is 19.3. The Kier molecular flexibility index (Phi) is 8.68. The van der Waals surface area contributed by atoms with E-state index >= 15 is 0 Å². The number of hydrogen-bond donors (Lipinski definition) is 1. The molecule has 152 valence electrons. The molecule has 28 heavy (non-hydrogen) atoms. The highest BCUT2D eigenvalue weighted by molar-refractivity contribution is 5.89. The summed E-state index contributed by atoms with van der Waals surface area (Å²) in [6.07, 6.45) is 1.71. The first-order chi connectivity index (χ1) is 13.4. The third-order valence-electron chi connectivity index (χ3n) is 4.15. The Balaban J connectivity index is 1.95. The molecule has 2 rings (SSSR count). The molecular formula is C21H27F2N3O2. The van der Waals surface area contributed by atoms with Crippen molar-refractivity contribution in [3.8, 4) is 5.75 Å². The Hall–Kier alpha value is -2.67. The molecule has 0 unspecified atom stereocenters. The Morgan fingerprint density at radius 1 is 1.04 bits per heavy atom. The zero-order valence-corrected chi connectivity index (χ0v) is 16.3. The van der Waals surface area contributed by atoms with Crippen molar-refractivity contribution < 1.29 is 18.3 Å². The van der Waals surface area contributed by atoms with E-state index in [-0.39, 0.29) is 11.8 Å². The van der Waals surface area contributed by atoms with Crippen molar-refractivity contribution in [2.75, 3.05) is 39.0 Å². The van der Waals surface area contributed by atoms with Crippen LogP contribution in [0, 0.1) is 0 Å². The molecule has 1 N–H and O–H groups in total. The van der Waals surface area contributed by atoms with Gasteiger partial charge in [-0.1, -0.05) is 36.4 Å². The fourth-order valence-electron chi connectivity index (χ4n) is 2.71. The quantitative estimate of drug-likeness (QED) is 0.656. The number of aryl methyl sites for hydroxylation is 1. The van der Waals surface area contributed by atoms with Crippen molar-refractivity contribution in [1.82, 2.24) is 9.80 Å². The number of carbonyl (C=O) groups is 1. The topological polar surface area (TPSA) is 44.8 Å². The highest BCUT2D eigenvalue weighted by Crippen LogP contribution is 2.19. The standard InChI is InChI=1S/C21H27F2N3O2/c1-25(2)14-15-26(13-7-10-17-8-4-3-5-9-17)21(27)24-18-11-6-12-19(16-18)28-20(22)23/h3-6,8-9,11-12,16,20H,7,10,13-15H2,1-2H3,(H,24,27). The van der Waals surface area contributed by atoms with Crippen molar-refractivity contribution >= 4 is 11.7 Å². The number of urea groups is 1. The molecule has 0 fully saturated rings. The molecule has 7 heteroatoms. The number of carbonyl (C=O) groups excluding carboxylic acids is 1. The average molecular weight is 391 g/mol. The first-order valence-corrected chi connectivity index (χ1v) is 9.23. The van der Waals surface area contributed by atoms with Crippen LogP contribution in [0.1, 0.15) is 12.0 Å². The predicted molar refractivity (Wildman–Crippen MR) is 107 cm³/mol. The maximum absolute atomic E-state index is 12.7. The van der Waals surface area contributed by atoms with E-state index in [1.807, 2.05) is 37.2 Å². The fourth-order valence-corrected chi connectivity index (χ4v) is 2.71. The summed E-state index contributed by atoms with van der Waals surface area (Å²) in [5, 5.41) is 2.77. The van der Waals surface area contributed by atoms with Crippen LogP contribution in [0.2, 0.25) is 0 Å². The van der Waals surface area contributed by atoms with Gasteiger partial charge in [-0.3, -0.25) is 0 Å². The molecule has 0 heterocycles. The Morgan fingerprint density at radius 3 is 2.46 bits per heavy atom. The van der Waals surface area contributed by atoms with Crippen LogP contribution in [0.5, 0.6) is 5.75 Å². The van der Waals surface area contributed by atoms with E-state index in [0.29, 0.717) is 18.8 Å². The van der Waals surface area contributed by atoms with Crippen LogP contribution in [0.15, 0.2) is 54.6 Å². The van der Waals surface area contributed by atoms with Crippen molar-refractivity contribution in [1.29, 1.82) is 0 Å². The summed E-state index contributed by atoms with van der Waals surface area (Å²) in [5.41, 5.74) is 1.65. The second-order valence-electron chi connectivity index (χ2n) is 6.72. The lowest BCUT2D eigenvalue weighted by atomic mass is 10.1. The zero-order valence-electron chi connectivity index (χ0n) is 16.3. The van der Waals surface area contributed by atoms with Gasteiger partial charge >= 0.3 is 12.6 Å². The molecule has 0 aliphatic rings. The minimum atomic E-state index is -2.90. The van der Waals surface area contributed by atoms with Gasteiger partial charge in [0, 0.05) is 31.4 Å². The number of anilines is 1. The van der Waals surface area contributed by atoms with Gasteiger partial charge in [-0.2, -0.15) is 8.78 Å². The number of nitrogens with zero attached hydrogens (tertiary/aromatic N) is 2. The molecule has 2 aromatic rings. The number of ether oxygens (including phenoxy) is 1. The molecule has 2 aromatic carbocycles. The van der Waals surface area contributed by atoms with E-state index in [1.54, 1.807) is 17.0 Å².